The van der Waals surface area contributed by atoms with Gasteiger partial charge in [0.15, 0.2) is 0 Å². The van der Waals surface area contributed by atoms with Crippen molar-refractivity contribution in [2.75, 3.05) is 13.1 Å². The fraction of sp³-hybridized carbons (Fsp3) is 0.938. The van der Waals surface area contributed by atoms with E-state index in [2.05, 4.69) is 18.7 Å². The zero-order valence-corrected chi connectivity index (χ0v) is 12.5. The Labute approximate surface area is 117 Å². The lowest BCUT2D eigenvalue weighted by atomic mass is 9.93. The number of hydrogen-bond acceptors (Lipinski definition) is 2. The van der Waals surface area contributed by atoms with Crippen LogP contribution in [0.2, 0.25) is 0 Å². The smallest absolute Gasteiger partial charge is 0.321 e. The van der Waals surface area contributed by atoms with Crippen LogP contribution in [0.15, 0.2) is 0 Å². The molecule has 0 amide bonds. The van der Waals surface area contributed by atoms with Gasteiger partial charge < -0.3 is 5.11 Å². The Morgan fingerprint density at radius 2 is 2.16 bits per heavy atom. The number of aliphatic carboxylic acids is 1. The van der Waals surface area contributed by atoms with Gasteiger partial charge in [-0.15, -0.1) is 0 Å². The van der Waals surface area contributed by atoms with E-state index in [0.717, 1.165) is 19.5 Å². The first kappa shape index (κ1) is 14.8. The summed E-state index contributed by atoms with van der Waals surface area (Å²) in [5.74, 6) is 1.19. The maximum Gasteiger partial charge on any atom is 0.321 e. The minimum atomic E-state index is -0.584. The van der Waals surface area contributed by atoms with Gasteiger partial charge in [-0.2, -0.15) is 0 Å². The van der Waals surface area contributed by atoms with Gasteiger partial charge in [-0.25, -0.2) is 0 Å². The molecule has 3 heteroatoms. The molecule has 0 bridgehead atoms. The summed E-state index contributed by atoms with van der Waals surface area (Å²) in [5.41, 5.74) is 0. The van der Waals surface area contributed by atoms with Gasteiger partial charge in [0, 0.05) is 13.1 Å². The summed E-state index contributed by atoms with van der Waals surface area (Å²) in [5, 5.41) is 9.55. The van der Waals surface area contributed by atoms with E-state index >= 15 is 0 Å². The van der Waals surface area contributed by atoms with Crippen molar-refractivity contribution in [2.45, 2.75) is 64.8 Å². The highest BCUT2D eigenvalue weighted by Gasteiger charge is 2.47. The molecule has 1 N–H and O–H groups in total. The van der Waals surface area contributed by atoms with Gasteiger partial charge in [0.05, 0.1) is 0 Å². The summed E-state index contributed by atoms with van der Waals surface area (Å²) < 4.78 is 0. The zero-order valence-electron chi connectivity index (χ0n) is 12.5. The number of rotatable bonds is 7. The lowest BCUT2D eigenvalue weighted by molar-refractivity contribution is -0.143. The predicted molar refractivity (Wildman–Crippen MR) is 77.1 cm³/mol. The number of carboxylic acid groups (broad SMARTS) is 1. The molecule has 1 heterocycles. The van der Waals surface area contributed by atoms with Gasteiger partial charge in [-0.05, 0) is 37.0 Å². The van der Waals surface area contributed by atoms with Crippen LogP contribution in [-0.4, -0.2) is 35.1 Å². The van der Waals surface area contributed by atoms with Crippen molar-refractivity contribution in [3.8, 4) is 0 Å². The second kappa shape index (κ2) is 6.74. The molecular weight excluding hydrogens is 238 g/mol. The van der Waals surface area contributed by atoms with E-state index in [1.807, 2.05) is 0 Å². The van der Waals surface area contributed by atoms with Gasteiger partial charge >= 0.3 is 5.97 Å². The summed E-state index contributed by atoms with van der Waals surface area (Å²) in [7, 11) is 0. The molecule has 110 valence electrons. The predicted octanol–water partition coefficient (Wildman–Crippen LogP) is 3.39. The molecule has 1 saturated carbocycles. The Morgan fingerprint density at radius 1 is 1.37 bits per heavy atom. The highest BCUT2D eigenvalue weighted by atomic mass is 16.4. The van der Waals surface area contributed by atoms with E-state index in [9.17, 15) is 9.90 Å². The molecule has 1 aliphatic heterocycles. The topological polar surface area (TPSA) is 40.5 Å². The van der Waals surface area contributed by atoms with E-state index in [0.29, 0.717) is 17.8 Å². The maximum absolute atomic E-state index is 11.6. The van der Waals surface area contributed by atoms with Crippen LogP contribution < -0.4 is 0 Å². The Balaban J connectivity index is 1.96. The summed E-state index contributed by atoms with van der Waals surface area (Å²) in [6.07, 6.45) is 8.56. The molecule has 0 radical (unpaired) electrons. The van der Waals surface area contributed by atoms with E-state index in [4.69, 9.17) is 0 Å². The lowest BCUT2D eigenvalue weighted by Crippen LogP contribution is -2.42. The first-order valence-corrected chi connectivity index (χ1v) is 8.14. The number of carboxylic acids is 1. The Hall–Kier alpha value is -0.570. The monoisotopic (exact) mass is 267 g/mol. The molecule has 0 aromatic heterocycles. The van der Waals surface area contributed by atoms with Crippen LogP contribution in [-0.2, 0) is 4.79 Å². The van der Waals surface area contributed by atoms with Crippen LogP contribution in [0.1, 0.15) is 58.8 Å². The van der Waals surface area contributed by atoms with E-state index < -0.39 is 5.97 Å². The third-order valence-corrected chi connectivity index (χ3v) is 5.27. The van der Waals surface area contributed by atoms with Crippen LogP contribution in [0.4, 0.5) is 0 Å². The fourth-order valence-electron chi connectivity index (χ4n) is 4.17. The molecule has 4 atom stereocenters. The van der Waals surface area contributed by atoms with Crippen molar-refractivity contribution in [3.05, 3.63) is 0 Å². The first-order valence-electron chi connectivity index (χ1n) is 8.14. The van der Waals surface area contributed by atoms with E-state index in [-0.39, 0.29) is 6.04 Å². The van der Waals surface area contributed by atoms with Crippen LogP contribution in [0, 0.1) is 17.8 Å². The lowest BCUT2D eigenvalue weighted by Gasteiger charge is -2.28. The van der Waals surface area contributed by atoms with Crippen molar-refractivity contribution >= 4 is 5.97 Å². The molecule has 2 rings (SSSR count). The number of fused-ring (bicyclic) bond motifs is 1. The summed E-state index contributed by atoms with van der Waals surface area (Å²) in [4.78, 5) is 13.9. The molecule has 2 aliphatic rings. The Bertz CT molecular complexity index is 305. The average molecular weight is 267 g/mol. The van der Waals surface area contributed by atoms with E-state index in [1.54, 1.807) is 0 Å². The summed E-state index contributed by atoms with van der Waals surface area (Å²) >= 11 is 0. The Kier molecular flexibility index (Phi) is 5.26. The van der Waals surface area contributed by atoms with E-state index in [1.165, 1.54) is 38.5 Å². The largest absolute Gasteiger partial charge is 0.480 e. The van der Waals surface area contributed by atoms with Crippen LogP contribution in [0.3, 0.4) is 0 Å². The number of carbonyl (C=O) groups is 1. The quantitative estimate of drug-likeness (QED) is 0.768. The second-order valence-corrected chi connectivity index (χ2v) is 6.51. The van der Waals surface area contributed by atoms with Gasteiger partial charge in [-0.1, -0.05) is 39.5 Å². The van der Waals surface area contributed by atoms with Crippen molar-refractivity contribution in [3.63, 3.8) is 0 Å². The van der Waals surface area contributed by atoms with Crippen molar-refractivity contribution in [1.82, 2.24) is 4.90 Å². The molecule has 0 aromatic rings. The highest BCUT2D eigenvalue weighted by molar-refractivity contribution is 5.74. The number of unbranched alkanes of at least 4 members (excludes halogenated alkanes) is 1. The average Bonchev–Trinajstić information content (AvgIpc) is 2.93. The molecule has 3 nitrogen and oxygen atoms in total. The van der Waals surface area contributed by atoms with Gasteiger partial charge in [-0.3, -0.25) is 9.69 Å². The molecular formula is C16H29NO2. The molecule has 1 aliphatic carbocycles. The molecule has 0 aromatic carbocycles. The van der Waals surface area contributed by atoms with Crippen LogP contribution in [0.5, 0.6) is 0 Å². The third-order valence-electron chi connectivity index (χ3n) is 5.27. The minimum Gasteiger partial charge on any atom is -0.480 e. The summed E-state index contributed by atoms with van der Waals surface area (Å²) in [6.45, 7) is 6.50. The highest BCUT2D eigenvalue weighted by Crippen LogP contribution is 2.42. The van der Waals surface area contributed by atoms with Gasteiger partial charge in [0.2, 0.25) is 0 Å². The van der Waals surface area contributed by atoms with Crippen LogP contribution >= 0.6 is 0 Å². The second-order valence-electron chi connectivity index (χ2n) is 6.51. The standard InChI is InChI=1S/C16H29NO2/c1-3-5-7-12(4-2)10-17-11-13-8-6-9-14(13)15(17)16(18)19/h12-15H,3-11H2,1-2H3,(H,18,19). The van der Waals surface area contributed by atoms with Gasteiger partial charge in [0.25, 0.3) is 0 Å². The van der Waals surface area contributed by atoms with Crippen molar-refractivity contribution in [2.24, 2.45) is 17.8 Å². The van der Waals surface area contributed by atoms with Crippen molar-refractivity contribution in [1.29, 1.82) is 0 Å². The number of likely N-dealkylation sites (tertiary alicyclic amines) is 1. The maximum atomic E-state index is 11.6. The normalized spacial score (nSPS) is 32.4. The Morgan fingerprint density at radius 3 is 2.79 bits per heavy atom. The third kappa shape index (κ3) is 3.31. The molecule has 0 spiro atoms. The first-order chi connectivity index (χ1) is 9.17. The minimum absolute atomic E-state index is 0.192. The van der Waals surface area contributed by atoms with Crippen molar-refractivity contribution < 1.29 is 9.90 Å². The molecule has 1 saturated heterocycles. The molecule has 2 fully saturated rings. The van der Waals surface area contributed by atoms with Gasteiger partial charge in [0.1, 0.15) is 6.04 Å². The summed E-state index contributed by atoms with van der Waals surface area (Å²) in [6, 6.07) is -0.192. The molecule has 19 heavy (non-hydrogen) atoms. The molecule has 4 unspecified atom stereocenters. The number of nitrogens with zero attached hydrogens (tertiary/aromatic N) is 1. The fourth-order valence-corrected chi connectivity index (χ4v) is 4.17. The number of hydrogen-bond donors (Lipinski definition) is 1. The SMILES string of the molecule is CCCCC(CC)CN1CC2CCCC2C1C(=O)O. The zero-order chi connectivity index (χ0) is 13.8. The van der Waals surface area contributed by atoms with Crippen LogP contribution in [0.25, 0.3) is 0 Å².